The fourth-order valence-corrected chi connectivity index (χ4v) is 2.93. The van der Waals surface area contributed by atoms with Gasteiger partial charge in [-0.2, -0.15) is 0 Å². The number of halogens is 1. The van der Waals surface area contributed by atoms with E-state index < -0.39 is 11.9 Å². The molecule has 4 nitrogen and oxygen atoms in total. The highest BCUT2D eigenvalue weighted by Crippen LogP contribution is 2.32. The molecule has 0 amide bonds. The van der Waals surface area contributed by atoms with Crippen LogP contribution in [0.25, 0.3) is 0 Å². The van der Waals surface area contributed by atoms with E-state index in [9.17, 15) is 9.59 Å². The van der Waals surface area contributed by atoms with Crippen molar-refractivity contribution in [3.8, 4) is 0 Å². The molecule has 0 aliphatic heterocycles. The van der Waals surface area contributed by atoms with E-state index in [1.54, 1.807) is 13.0 Å². The van der Waals surface area contributed by atoms with Gasteiger partial charge in [0.15, 0.2) is 0 Å². The highest BCUT2D eigenvalue weighted by Gasteiger charge is 2.16. The molecule has 0 fully saturated rings. The van der Waals surface area contributed by atoms with Crippen molar-refractivity contribution < 1.29 is 19.4 Å². The Kier molecular flexibility index (Phi) is 5.63. The molecule has 0 aromatic heterocycles. The maximum Gasteiger partial charge on any atom is 0.339 e. The van der Waals surface area contributed by atoms with Crippen molar-refractivity contribution in [2.24, 2.45) is 0 Å². The van der Waals surface area contributed by atoms with Crippen LogP contribution in [0, 0.1) is 0 Å². The Morgan fingerprint density at radius 2 is 1.86 bits per heavy atom. The topological polar surface area (TPSA) is 63.6 Å². The zero-order chi connectivity index (χ0) is 16.1. The number of ether oxygens (including phenoxy) is 1. The van der Waals surface area contributed by atoms with Crippen molar-refractivity contribution in [1.29, 1.82) is 0 Å². The maximum atomic E-state index is 12.0. The van der Waals surface area contributed by atoms with Crippen molar-refractivity contribution in [3.05, 3.63) is 58.1 Å². The van der Waals surface area contributed by atoms with Crippen LogP contribution in [0.3, 0.4) is 0 Å². The normalized spacial score (nSPS) is 10.3. The lowest BCUT2D eigenvalue weighted by molar-refractivity contribution is 0.0522. The molecule has 0 saturated heterocycles. The average molecular weight is 381 g/mol. The van der Waals surface area contributed by atoms with Crippen LogP contribution in [0.15, 0.2) is 56.7 Å². The van der Waals surface area contributed by atoms with E-state index in [1.165, 1.54) is 23.9 Å². The second kappa shape index (κ2) is 7.47. The zero-order valence-corrected chi connectivity index (χ0v) is 14.1. The molecule has 0 bridgehead atoms. The number of carboxylic acids is 1. The Morgan fingerprint density at radius 1 is 1.18 bits per heavy atom. The van der Waals surface area contributed by atoms with Gasteiger partial charge in [0.25, 0.3) is 0 Å². The van der Waals surface area contributed by atoms with Crippen molar-refractivity contribution >= 4 is 39.6 Å². The first-order valence-electron chi connectivity index (χ1n) is 6.49. The second-order valence-corrected chi connectivity index (χ2v) is 6.32. The third kappa shape index (κ3) is 4.11. The minimum absolute atomic E-state index is 0.0585. The first-order valence-corrected chi connectivity index (χ1v) is 8.10. The minimum atomic E-state index is -1.08. The van der Waals surface area contributed by atoms with E-state index in [4.69, 9.17) is 9.84 Å². The molecule has 2 aromatic carbocycles. The van der Waals surface area contributed by atoms with Crippen LogP contribution in [-0.4, -0.2) is 23.7 Å². The standard InChI is InChI=1S/C16H13BrO4S/c1-2-21-16(20)13-9-10(15(18)19)3-8-14(13)22-12-6-4-11(17)5-7-12/h3-9H,2H2,1H3,(H,18,19). The molecular weight excluding hydrogens is 368 g/mol. The van der Waals surface area contributed by atoms with Gasteiger partial charge in [0.1, 0.15) is 0 Å². The van der Waals surface area contributed by atoms with Crippen molar-refractivity contribution in [1.82, 2.24) is 0 Å². The number of aromatic carboxylic acids is 1. The number of hydrogen-bond acceptors (Lipinski definition) is 4. The molecule has 6 heteroatoms. The average Bonchev–Trinajstić information content (AvgIpc) is 2.50. The van der Waals surface area contributed by atoms with E-state index in [2.05, 4.69) is 15.9 Å². The van der Waals surface area contributed by atoms with Gasteiger partial charge in [0.05, 0.1) is 17.7 Å². The maximum absolute atomic E-state index is 12.0. The Labute approximate surface area is 140 Å². The number of hydrogen-bond donors (Lipinski definition) is 1. The van der Waals surface area contributed by atoms with Gasteiger partial charge >= 0.3 is 11.9 Å². The van der Waals surface area contributed by atoms with Crippen molar-refractivity contribution in [2.75, 3.05) is 6.61 Å². The molecular formula is C16H13BrO4S. The number of rotatable bonds is 5. The smallest absolute Gasteiger partial charge is 0.339 e. The van der Waals surface area contributed by atoms with Gasteiger partial charge in [-0.3, -0.25) is 0 Å². The zero-order valence-electron chi connectivity index (χ0n) is 11.7. The number of benzene rings is 2. The minimum Gasteiger partial charge on any atom is -0.478 e. The summed E-state index contributed by atoms with van der Waals surface area (Å²) in [6.07, 6.45) is 0. The monoisotopic (exact) mass is 380 g/mol. The summed E-state index contributed by atoms with van der Waals surface area (Å²) >= 11 is 4.75. The number of carbonyl (C=O) groups is 2. The van der Waals surface area contributed by atoms with Gasteiger partial charge in [0, 0.05) is 14.3 Å². The third-order valence-electron chi connectivity index (χ3n) is 2.76. The molecule has 0 atom stereocenters. The fourth-order valence-electron chi connectivity index (χ4n) is 1.75. The molecule has 0 unspecified atom stereocenters. The van der Waals surface area contributed by atoms with Crippen LogP contribution in [0.1, 0.15) is 27.6 Å². The molecule has 0 aliphatic rings. The first kappa shape index (κ1) is 16.6. The molecule has 0 spiro atoms. The summed E-state index contributed by atoms with van der Waals surface area (Å²) in [5.74, 6) is -1.60. The SMILES string of the molecule is CCOC(=O)c1cc(C(=O)O)ccc1Sc1ccc(Br)cc1. The predicted molar refractivity (Wildman–Crippen MR) is 87.6 cm³/mol. The summed E-state index contributed by atoms with van der Waals surface area (Å²) in [4.78, 5) is 24.7. The Hall–Kier alpha value is -1.79. The van der Waals surface area contributed by atoms with Crippen LogP contribution in [0.4, 0.5) is 0 Å². The lowest BCUT2D eigenvalue weighted by Gasteiger charge is -2.10. The molecule has 2 aromatic rings. The van der Waals surface area contributed by atoms with Crippen LogP contribution in [0.5, 0.6) is 0 Å². The quantitative estimate of drug-likeness (QED) is 0.774. The number of carboxylic acid groups (broad SMARTS) is 1. The Morgan fingerprint density at radius 3 is 2.45 bits per heavy atom. The second-order valence-electron chi connectivity index (χ2n) is 4.29. The summed E-state index contributed by atoms with van der Waals surface area (Å²) in [5, 5.41) is 9.07. The lowest BCUT2D eigenvalue weighted by atomic mass is 10.1. The molecule has 114 valence electrons. The Bertz CT molecular complexity index is 698. The van der Waals surface area contributed by atoms with Crippen LogP contribution >= 0.6 is 27.7 Å². The van der Waals surface area contributed by atoms with Crippen molar-refractivity contribution in [2.45, 2.75) is 16.7 Å². The molecule has 0 aliphatic carbocycles. The summed E-state index contributed by atoms with van der Waals surface area (Å²) in [6, 6.07) is 12.1. The molecule has 22 heavy (non-hydrogen) atoms. The van der Waals surface area contributed by atoms with Gasteiger partial charge in [-0.1, -0.05) is 27.7 Å². The summed E-state index contributed by atoms with van der Waals surface area (Å²) in [6.45, 7) is 1.94. The van der Waals surface area contributed by atoms with E-state index >= 15 is 0 Å². The fraction of sp³-hybridized carbons (Fsp3) is 0.125. The molecule has 0 saturated carbocycles. The first-order chi connectivity index (χ1) is 10.5. The predicted octanol–water partition coefficient (Wildman–Crippen LogP) is 4.48. The van der Waals surface area contributed by atoms with E-state index in [1.807, 2.05) is 24.3 Å². The number of carbonyl (C=O) groups excluding carboxylic acids is 1. The largest absolute Gasteiger partial charge is 0.478 e. The van der Waals surface area contributed by atoms with Gasteiger partial charge in [-0.15, -0.1) is 0 Å². The van der Waals surface area contributed by atoms with Crippen LogP contribution in [-0.2, 0) is 4.74 Å². The van der Waals surface area contributed by atoms with Crippen molar-refractivity contribution in [3.63, 3.8) is 0 Å². The van der Waals surface area contributed by atoms with Gasteiger partial charge in [-0.05, 0) is 49.4 Å². The molecule has 0 radical (unpaired) electrons. The lowest BCUT2D eigenvalue weighted by Crippen LogP contribution is -2.08. The van der Waals surface area contributed by atoms with Gasteiger partial charge in [-0.25, -0.2) is 9.59 Å². The van der Waals surface area contributed by atoms with Crippen LogP contribution in [0.2, 0.25) is 0 Å². The summed E-state index contributed by atoms with van der Waals surface area (Å²) in [5.41, 5.74) is 0.317. The Balaban J connectivity index is 2.38. The molecule has 2 rings (SSSR count). The van der Waals surface area contributed by atoms with Crippen LogP contribution < -0.4 is 0 Å². The van der Waals surface area contributed by atoms with Gasteiger partial charge in [0.2, 0.25) is 0 Å². The van der Waals surface area contributed by atoms with E-state index in [0.29, 0.717) is 4.90 Å². The van der Waals surface area contributed by atoms with Gasteiger partial charge < -0.3 is 9.84 Å². The highest BCUT2D eigenvalue weighted by molar-refractivity contribution is 9.10. The summed E-state index contributed by atoms with van der Waals surface area (Å²) < 4.78 is 5.97. The highest BCUT2D eigenvalue weighted by atomic mass is 79.9. The number of esters is 1. The molecule has 0 heterocycles. The van der Waals surface area contributed by atoms with E-state index in [0.717, 1.165) is 9.37 Å². The molecule has 1 N–H and O–H groups in total. The summed E-state index contributed by atoms with van der Waals surface area (Å²) in [7, 11) is 0. The van der Waals surface area contributed by atoms with E-state index in [-0.39, 0.29) is 17.7 Å². The third-order valence-corrected chi connectivity index (χ3v) is 4.38.